The zero-order chi connectivity index (χ0) is 14.2. The van der Waals surface area contributed by atoms with Crippen molar-refractivity contribution in [2.75, 3.05) is 0 Å². The minimum atomic E-state index is -1.39. The van der Waals surface area contributed by atoms with E-state index in [-0.39, 0.29) is 16.5 Å². The number of aliphatic carboxylic acids is 1. The summed E-state index contributed by atoms with van der Waals surface area (Å²) in [5, 5.41) is 17.2. The van der Waals surface area contributed by atoms with Gasteiger partial charge in [0.05, 0.1) is 10.9 Å². The predicted octanol–water partition coefficient (Wildman–Crippen LogP) is -0.262. The highest BCUT2D eigenvalue weighted by Gasteiger charge is 2.14. The normalized spacial score (nSPS) is 10.5. The standard InChI is InChI=1S/C11H7NO7/c13-8(14)4-12-9(15)6-3-5(10(16)17)1-2-7(6)19-11(12)18/h1-3H,4H2,(H,13,14)(H,16,17). The lowest BCUT2D eigenvalue weighted by Crippen LogP contribution is -2.35. The van der Waals surface area contributed by atoms with E-state index < -0.39 is 29.8 Å². The number of carbonyl (C=O) groups is 2. The fourth-order valence-corrected chi connectivity index (χ4v) is 1.57. The van der Waals surface area contributed by atoms with Gasteiger partial charge in [0.15, 0.2) is 0 Å². The van der Waals surface area contributed by atoms with Crippen LogP contribution in [-0.4, -0.2) is 26.7 Å². The molecule has 0 spiro atoms. The van der Waals surface area contributed by atoms with Crippen LogP contribution in [0.25, 0.3) is 11.0 Å². The van der Waals surface area contributed by atoms with Crippen LogP contribution >= 0.6 is 0 Å². The summed E-state index contributed by atoms with van der Waals surface area (Å²) >= 11 is 0. The number of rotatable bonds is 3. The van der Waals surface area contributed by atoms with Crippen LogP contribution in [0, 0.1) is 0 Å². The molecule has 0 amide bonds. The molecule has 0 fully saturated rings. The van der Waals surface area contributed by atoms with Gasteiger partial charge in [0, 0.05) is 0 Å². The number of fused-ring (bicyclic) bond motifs is 1. The zero-order valence-corrected chi connectivity index (χ0v) is 9.32. The molecular weight excluding hydrogens is 258 g/mol. The van der Waals surface area contributed by atoms with Crippen LogP contribution in [0.2, 0.25) is 0 Å². The molecule has 8 nitrogen and oxygen atoms in total. The Hall–Kier alpha value is -2.90. The largest absolute Gasteiger partial charge is 0.480 e. The van der Waals surface area contributed by atoms with Gasteiger partial charge in [0.25, 0.3) is 5.56 Å². The number of carboxylic acid groups (broad SMARTS) is 2. The number of aromatic carboxylic acids is 1. The minimum absolute atomic E-state index is 0.0957. The van der Waals surface area contributed by atoms with Crippen molar-refractivity contribution in [2.45, 2.75) is 6.54 Å². The molecule has 0 atom stereocenters. The van der Waals surface area contributed by atoms with Crippen molar-refractivity contribution in [1.29, 1.82) is 0 Å². The van der Waals surface area contributed by atoms with Gasteiger partial charge in [-0.05, 0) is 18.2 Å². The lowest BCUT2D eigenvalue weighted by molar-refractivity contribution is -0.137. The van der Waals surface area contributed by atoms with E-state index in [9.17, 15) is 19.2 Å². The molecule has 8 heteroatoms. The SMILES string of the molecule is O=C(O)Cn1c(=O)oc2ccc(C(=O)O)cc2c1=O. The van der Waals surface area contributed by atoms with Crippen molar-refractivity contribution in [2.24, 2.45) is 0 Å². The van der Waals surface area contributed by atoms with Gasteiger partial charge in [0.2, 0.25) is 0 Å². The number of carboxylic acids is 2. The lowest BCUT2D eigenvalue weighted by Gasteiger charge is -2.03. The second kappa shape index (κ2) is 4.41. The van der Waals surface area contributed by atoms with E-state index in [2.05, 4.69) is 0 Å². The average Bonchev–Trinajstić information content (AvgIpc) is 2.33. The van der Waals surface area contributed by atoms with E-state index in [0.29, 0.717) is 4.57 Å². The molecule has 2 N–H and O–H groups in total. The maximum Gasteiger partial charge on any atom is 0.422 e. The molecule has 0 saturated carbocycles. The van der Waals surface area contributed by atoms with Gasteiger partial charge < -0.3 is 14.6 Å². The summed E-state index contributed by atoms with van der Waals surface area (Å²) < 4.78 is 5.15. The topological polar surface area (TPSA) is 127 Å². The van der Waals surface area contributed by atoms with E-state index in [4.69, 9.17) is 14.6 Å². The highest BCUT2D eigenvalue weighted by molar-refractivity contribution is 5.92. The highest BCUT2D eigenvalue weighted by atomic mass is 16.4. The van der Waals surface area contributed by atoms with E-state index in [1.807, 2.05) is 0 Å². The first-order valence-electron chi connectivity index (χ1n) is 5.03. The summed E-state index contributed by atoms with van der Waals surface area (Å²) in [6.07, 6.45) is 0. The number of nitrogens with zero attached hydrogens (tertiary/aromatic N) is 1. The van der Waals surface area contributed by atoms with Crippen molar-refractivity contribution < 1.29 is 24.2 Å². The molecule has 0 radical (unpaired) electrons. The zero-order valence-electron chi connectivity index (χ0n) is 9.32. The monoisotopic (exact) mass is 265 g/mol. The Morgan fingerprint density at radius 3 is 2.47 bits per heavy atom. The smallest absolute Gasteiger partial charge is 0.422 e. The molecule has 0 bridgehead atoms. The van der Waals surface area contributed by atoms with Crippen molar-refractivity contribution in [3.05, 3.63) is 44.7 Å². The number of aromatic nitrogens is 1. The van der Waals surface area contributed by atoms with Gasteiger partial charge in [-0.3, -0.25) is 9.59 Å². The molecule has 0 unspecified atom stereocenters. The van der Waals surface area contributed by atoms with Gasteiger partial charge in [-0.2, -0.15) is 0 Å². The van der Waals surface area contributed by atoms with Crippen molar-refractivity contribution >= 4 is 22.9 Å². The Bertz CT molecular complexity index is 799. The molecular formula is C11H7NO7. The molecule has 1 aromatic carbocycles. The molecule has 19 heavy (non-hydrogen) atoms. The summed E-state index contributed by atoms with van der Waals surface area (Å²) in [7, 11) is 0. The Labute approximate surface area is 104 Å². The molecule has 2 aromatic rings. The third-order valence-electron chi connectivity index (χ3n) is 2.41. The maximum atomic E-state index is 11.9. The number of benzene rings is 1. The molecule has 0 aliphatic rings. The van der Waals surface area contributed by atoms with E-state index in [1.165, 1.54) is 12.1 Å². The first kappa shape index (κ1) is 12.6. The quantitative estimate of drug-likeness (QED) is 0.782. The van der Waals surface area contributed by atoms with E-state index in [0.717, 1.165) is 6.07 Å². The van der Waals surface area contributed by atoms with Gasteiger partial charge >= 0.3 is 17.7 Å². The summed E-state index contributed by atoms with van der Waals surface area (Å²) in [5.41, 5.74) is -1.17. The van der Waals surface area contributed by atoms with Crippen LogP contribution in [0.4, 0.5) is 0 Å². The summed E-state index contributed by atoms with van der Waals surface area (Å²) in [6, 6.07) is 3.38. The maximum absolute atomic E-state index is 11.9. The van der Waals surface area contributed by atoms with Gasteiger partial charge in [0.1, 0.15) is 12.1 Å². The highest BCUT2D eigenvalue weighted by Crippen LogP contribution is 2.10. The third kappa shape index (κ3) is 2.23. The fraction of sp³-hybridized carbons (Fsp3) is 0.0909. The molecule has 0 aliphatic carbocycles. The third-order valence-corrected chi connectivity index (χ3v) is 2.41. The van der Waals surface area contributed by atoms with Crippen LogP contribution in [-0.2, 0) is 11.3 Å². The first-order chi connectivity index (χ1) is 8.90. The first-order valence-corrected chi connectivity index (χ1v) is 5.03. The van der Waals surface area contributed by atoms with E-state index >= 15 is 0 Å². The predicted molar refractivity (Wildman–Crippen MR) is 61.3 cm³/mol. The molecule has 2 rings (SSSR count). The van der Waals surface area contributed by atoms with Crippen molar-refractivity contribution in [1.82, 2.24) is 4.57 Å². The minimum Gasteiger partial charge on any atom is -0.480 e. The fourth-order valence-electron chi connectivity index (χ4n) is 1.57. The Kier molecular flexibility index (Phi) is 2.91. The molecule has 1 heterocycles. The Morgan fingerprint density at radius 1 is 1.21 bits per heavy atom. The molecule has 0 saturated heterocycles. The van der Waals surface area contributed by atoms with Crippen LogP contribution in [0.1, 0.15) is 10.4 Å². The number of hydrogen-bond donors (Lipinski definition) is 2. The average molecular weight is 265 g/mol. The number of hydrogen-bond acceptors (Lipinski definition) is 5. The summed E-state index contributed by atoms with van der Waals surface area (Å²) in [5.74, 6) is -3.75. The van der Waals surface area contributed by atoms with Gasteiger partial charge in [-0.15, -0.1) is 0 Å². The van der Waals surface area contributed by atoms with Crippen LogP contribution in [0.15, 0.2) is 32.2 Å². The Balaban J connectivity index is 2.80. The Morgan fingerprint density at radius 2 is 1.89 bits per heavy atom. The van der Waals surface area contributed by atoms with Gasteiger partial charge in [-0.1, -0.05) is 0 Å². The molecule has 98 valence electrons. The van der Waals surface area contributed by atoms with Crippen LogP contribution < -0.4 is 11.3 Å². The van der Waals surface area contributed by atoms with Crippen LogP contribution in [0.3, 0.4) is 0 Å². The molecule has 0 aliphatic heterocycles. The summed E-state index contributed by atoms with van der Waals surface area (Å²) in [6.45, 7) is -0.853. The lowest BCUT2D eigenvalue weighted by atomic mass is 10.1. The van der Waals surface area contributed by atoms with Crippen LogP contribution in [0.5, 0.6) is 0 Å². The van der Waals surface area contributed by atoms with Crippen molar-refractivity contribution in [3.8, 4) is 0 Å². The second-order valence-electron chi connectivity index (χ2n) is 3.67. The summed E-state index contributed by atoms with van der Waals surface area (Å²) in [4.78, 5) is 44.7. The van der Waals surface area contributed by atoms with Gasteiger partial charge in [-0.25, -0.2) is 14.2 Å². The molecule has 1 aromatic heterocycles. The second-order valence-corrected chi connectivity index (χ2v) is 3.67. The van der Waals surface area contributed by atoms with Crippen molar-refractivity contribution in [3.63, 3.8) is 0 Å². The van der Waals surface area contributed by atoms with E-state index in [1.54, 1.807) is 0 Å².